The molecule has 0 radical (unpaired) electrons. The predicted octanol–water partition coefficient (Wildman–Crippen LogP) is 2.70. The fourth-order valence-corrected chi connectivity index (χ4v) is 4.29. The standard InChI is InChI=1S/C24H19ClN12O7/c1-12-18(25)22(37(41)42)30-34(12)11-15-9-13(3-8-17(15)43-2)10-27-29-24(38)19-20(14-4-6-16(7-5-14)36(39)40)35(33-28-19)23-21(26)31-44-32-23/h3-10H,11H2,1-2H3,(H2,26,31)(H,29,38)/b27-10-. The minimum absolute atomic E-state index is 0.0572. The van der Waals surface area contributed by atoms with Gasteiger partial charge >= 0.3 is 5.82 Å². The van der Waals surface area contributed by atoms with Crippen molar-refractivity contribution in [2.24, 2.45) is 5.10 Å². The number of nitro benzene ring substituents is 1. The van der Waals surface area contributed by atoms with Gasteiger partial charge in [0, 0.05) is 23.3 Å². The van der Waals surface area contributed by atoms with Gasteiger partial charge in [-0.25, -0.2) is 10.1 Å². The third kappa shape index (κ3) is 5.61. The van der Waals surface area contributed by atoms with E-state index in [4.69, 9.17) is 22.1 Å². The average Bonchev–Trinajstić information content (AvgIpc) is 3.71. The minimum Gasteiger partial charge on any atom is -0.496 e. The molecule has 1 amide bonds. The summed E-state index contributed by atoms with van der Waals surface area (Å²) in [6.07, 6.45) is 1.35. The van der Waals surface area contributed by atoms with E-state index in [2.05, 4.69) is 40.9 Å². The number of benzene rings is 2. The molecule has 20 heteroatoms. The summed E-state index contributed by atoms with van der Waals surface area (Å²) in [5, 5.41) is 45.3. The summed E-state index contributed by atoms with van der Waals surface area (Å²) in [6, 6.07) is 10.3. The number of halogens is 1. The molecule has 19 nitrogen and oxygen atoms in total. The van der Waals surface area contributed by atoms with Gasteiger partial charge < -0.3 is 20.6 Å². The molecule has 5 rings (SSSR count). The van der Waals surface area contributed by atoms with Gasteiger partial charge in [0.25, 0.3) is 11.6 Å². The van der Waals surface area contributed by atoms with Gasteiger partial charge in [-0.05, 0) is 58.1 Å². The molecule has 224 valence electrons. The average molecular weight is 623 g/mol. The lowest BCUT2D eigenvalue weighted by Crippen LogP contribution is -2.19. The number of amides is 1. The Labute approximate surface area is 250 Å². The number of anilines is 1. The number of nitrogen functional groups attached to an aromatic ring is 1. The molecule has 2 aromatic carbocycles. The van der Waals surface area contributed by atoms with Crippen molar-refractivity contribution in [3.63, 3.8) is 0 Å². The summed E-state index contributed by atoms with van der Waals surface area (Å²) >= 11 is 6.06. The van der Waals surface area contributed by atoms with Crippen molar-refractivity contribution in [2.45, 2.75) is 13.5 Å². The number of nitrogens with zero attached hydrogens (tertiary/aromatic N) is 10. The van der Waals surface area contributed by atoms with Crippen LogP contribution in [0, 0.1) is 27.2 Å². The molecular formula is C24H19ClN12O7. The Balaban J connectivity index is 1.41. The molecule has 5 aromatic rings. The lowest BCUT2D eigenvalue weighted by atomic mass is 10.1. The molecule has 0 aliphatic heterocycles. The number of carbonyl (C=O) groups is 1. The quantitative estimate of drug-likeness (QED) is 0.129. The zero-order valence-corrected chi connectivity index (χ0v) is 23.4. The van der Waals surface area contributed by atoms with Gasteiger partial charge in [-0.1, -0.05) is 16.8 Å². The van der Waals surface area contributed by atoms with Crippen LogP contribution in [0.2, 0.25) is 5.02 Å². The van der Waals surface area contributed by atoms with Gasteiger partial charge in [0.2, 0.25) is 11.6 Å². The lowest BCUT2D eigenvalue weighted by Gasteiger charge is -2.09. The number of nitrogens with two attached hydrogens (primary N) is 1. The monoisotopic (exact) mass is 622 g/mol. The molecule has 0 saturated carbocycles. The van der Waals surface area contributed by atoms with Crippen molar-refractivity contribution in [2.75, 3.05) is 12.8 Å². The normalized spacial score (nSPS) is 11.2. The third-order valence-corrected chi connectivity index (χ3v) is 6.67. The van der Waals surface area contributed by atoms with Crippen molar-refractivity contribution < 1.29 is 24.0 Å². The molecule has 3 aromatic heterocycles. The summed E-state index contributed by atoms with van der Waals surface area (Å²) in [4.78, 5) is 34.3. The Morgan fingerprint density at radius 1 is 1.18 bits per heavy atom. The van der Waals surface area contributed by atoms with Crippen molar-refractivity contribution in [3.05, 3.63) is 90.2 Å². The summed E-state index contributed by atoms with van der Waals surface area (Å²) in [5.74, 6) is -0.959. The summed E-state index contributed by atoms with van der Waals surface area (Å²) in [7, 11) is 1.47. The maximum absolute atomic E-state index is 13.2. The third-order valence-electron chi connectivity index (χ3n) is 6.23. The number of rotatable bonds is 10. The van der Waals surface area contributed by atoms with E-state index in [0.29, 0.717) is 28.1 Å². The largest absolute Gasteiger partial charge is 0.496 e. The maximum Gasteiger partial charge on any atom is 0.408 e. The minimum atomic E-state index is -0.779. The van der Waals surface area contributed by atoms with Crippen molar-refractivity contribution in [1.82, 2.24) is 40.5 Å². The number of non-ortho nitro benzene ring substituents is 1. The first-order valence-corrected chi connectivity index (χ1v) is 12.6. The molecule has 0 bridgehead atoms. The SMILES string of the molecule is COc1ccc(/C=N\NC(=O)c2nnn(-c3nonc3N)c2-c2ccc([N+](=O)[O-])cc2)cc1Cn1nc([N+](=O)[O-])c(Cl)c1C. The van der Waals surface area contributed by atoms with E-state index in [1.165, 1.54) is 42.3 Å². The van der Waals surface area contributed by atoms with Crippen LogP contribution in [0.15, 0.2) is 52.2 Å². The van der Waals surface area contributed by atoms with Crippen molar-refractivity contribution in [3.8, 4) is 22.8 Å². The van der Waals surface area contributed by atoms with E-state index in [1.54, 1.807) is 25.1 Å². The Morgan fingerprint density at radius 2 is 1.93 bits per heavy atom. The number of hydrazone groups is 1. The highest BCUT2D eigenvalue weighted by atomic mass is 35.5. The van der Waals surface area contributed by atoms with Gasteiger partial charge in [-0.2, -0.15) is 14.5 Å². The van der Waals surface area contributed by atoms with Gasteiger partial charge in [0.15, 0.2) is 10.7 Å². The van der Waals surface area contributed by atoms with Crippen LogP contribution in [-0.4, -0.2) is 64.2 Å². The second-order valence-corrected chi connectivity index (χ2v) is 9.26. The Hall–Kier alpha value is -6.24. The van der Waals surface area contributed by atoms with E-state index < -0.39 is 21.6 Å². The molecular weight excluding hydrogens is 604 g/mol. The van der Waals surface area contributed by atoms with Gasteiger partial charge in [-0.15, -0.1) is 5.10 Å². The second-order valence-electron chi connectivity index (χ2n) is 8.88. The molecule has 0 unspecified atom stereocenters. The molecule has 0 atom stereocenters. The molecule has 44 heavy (non-hydrogen) atoms. The number of aromatic nitrogens is 7. The van der Waals surface area contributed by atoms with Crippen LogP contribution < -0.4 is 15.9 Å². The molecule has 3 N–H and O–H groups in total. The van der Waals surface area contributed by atoms with Gasteiger partial charge in [0.1, 0.15) is 11.4 Å². The Kier molecular flexibility index (Phi) is 7.94. The molecule has 0 spiro atoms. The van der Waals surface area contributed by atoms with Gasteiger partial charge in [-0.3, -0.25) is 14.9 Å². The van der Waals surface area contributed by atoms with Gasteiger partial charge in [0.05, 0.1) is 35.6 Å². The van der Waals surface area contributed by atoms with Crippen LogP contribution in [0.1, 0.15) is 27.3 Å². The lowest BCUT2D eigenvalue weighted by molar-refractivity contribution is -0.389. The smallest absolute Gasteiger partial charge is 0.408 e. The van der Waals surface area contributed by atoms with Crippen molar-refractivity contribution >= 4 is 41.0 Å². The zero-order valence-electron chi connectivity index (χ0n) is 22.6. The number of nitro groups is 2. The fraction of sp³-hybridized carbons (Fsp3) is 0.125. The predicted molar refractivity (Wildman–Crippen MR) is 152 cm³/mol. The number of ether oxygens (including phenoxy) is 1. The number of carbonyl (C=O) groups excluding carboxylic acids is 1. The first kappa shape index (κ1) is 29.3. The van der Waals surface area contributed by atoms with Crippen LogP contribution in [0.3, 0.4) is 0 Å². The van der Waals surface area contributed by atoms with Crippen LogP contribution in [0.4, 0.5) is 17.3 Å². The van der Waals surface area contributed by atoms with Crippen LogP contribution in [-0.2, 0) is 6.54 Å². The number of nitrogens with one attached hydrogen (secondary N) is 1. The molecule has 0 saturated heterocycles. The molecule has 0 fully saturated rings. The van der Waals surface area contributed by atoms with E-state index in [0.717, 1.165) is 4.68 Å². The van der Waals surface area contributed by atoms with E-state index >= 15 is 0 Å². The Bertz CT molecular complexity index is 1930. The highest BCUT2D eigenvalue weighted by molar-refractivity contribution is 6.33. The topological polar surface area (TPSA) is 250 Å². The number of methoxy groups -OCH3 is 1. The first-order chi connectivity index (χ1) is 21.1. The van der Waals surface area contributed by atoms with E-state index in [1.807, 2.05) is 0 Å². The molecule has 0 aliphatic carbocycles. The summed E-state index contributed by atoms with van der Waals surface area (Å²) in [6.45, 7) is 1.70. The van der Waals surface area contributed by atoms with Crippen LogP contribution in [0.25, 0.3) is 17.1 Å². The molecule has 0 aliphatic rings. The first-order valence-electron chi connectivity index (χ1n) is 12.3. The van der Waals surface area contributed by atoms with Crippen LogP contribution >= 0.6 is 11.6 Å². The molecule has 3 heterocycles. The van der Waals surface area contributed by atoms with E-state index in [9.17, 15) is 25.0 Å². The summed E-state index contributed by atoms with van der Waals surface area (Å²) < 4.78 is 12.5. The number of hydrogen-bond donors (Lipinski definition) is 2. The van der Waals surface area contributed by atoms with E-state index in [-0.39, 0.29) is 40.3 Å². The number of hydrogen-bond acceptors (Lipinski definition) is 14. The second kappa shape index (κ2) is 11.9. The zero-order chi connectivity index (χ0) is 31.5. The highest BCUT2D eigenvalue weighted by Gasteiger charge is 2.26. The fourth-order valence-electron chi connectivity index (χ4n) is 4.08. The highest BCUT2D eigenvalue weighted by Crippen LogP contribution is 2.30. The van der Waals surface area contributed by atoms with Crippen LogP contribution in [0.5, 0.6) is 5.75 Å². The van der Waals surface area contributed by atoms with Crippen molar-refractivity contribution in [1.29, 1.82) is 0 Å². The Morgan fingerprint density at radius 3 is 2.55 bits per heavy atom. The maximum atomic E-state index is 13.2. The summed E-state index contributed by atoms with van der Waals surface area (Å²) in [5.41, 5.74) is 9.73.